The lowest BCUT2D eigenvalue weighted by molar-refractivity contribution is -0.128. The molecule has 0 aliphatic heterocycles. The molecular weight excluding hydrogens is 270 g/mol. The molecule has 0 aromatic heterocycles. The van der Waals surface area contributed by atoms with E-state index in [1.54, 1.807) is 6.92 Å². The lowest BCUT2D eigenvalue weighted by atomic mass is 9.96. The maximum absolute atomic E-state index is 11.6. The zero-order chi connectivity index (χ0) is 16.5. The molecule has 0 bridgehead atoms. The molecule has 0 aromatic rings. The summed E-state index contributed by atoms with van der Waals surface area (Å²) in [7, 11) is 0. The molecule has 1 N–H and O–H groups in total. The summed E-state index contributed by atoms with van der Waals surface area (Å²) in [6.07, 6.45) is 3.10. The molecule has 1 aliphatic carbocycles. The monoisotopic (exact) mass is 301 g/mol. The highest BCUT2D eigenvalue weighted by atomic mass is 16.6. The van der Waals surface area contributed by atoms with Crippen molar-refractivity contribution in [3.8, 4) is 0 Å². The first kappa shape index (κ1) is 19.7. The highest BCUT2D eigenvalue weighted by molar-refractivity contribution is 5.68. The summed E-state index contributed by atoms with van der Waals surface area (Å²) < 4.78 is 9.41. The molecule has 0 spiro atoms. The van der Waals surface area contributed by atoms with Crippen LogP contribution in [-0.2, 0) is 14.3 Å². The fourth-order valence-electron chi connectivity index (χ4n) is 2.56. The van der Waals surface area contributed by atoms with Crippen molar-refractivity contribution in [2.45, 2.75) is 72.4 Å². The molecule has 21 heavy (non-hydrogen) atoms. The number of alkyl carbamates (subject to hydrolysis) is 1. The number of amides is 1. The van der Waals surface area contributed by atoms with Gasteiger partial charge in [0.25, 0.3) is 6.47 Å². The second kappa shape index (κ2) is 9.64. The number of carbonyl (C=O) groups excluding carboxylic acids is 2. The van der Waals surface area contributed by atoms with E-state index in [1.165, 1.54) is 6.42 Å². The number of carbonyl (C=O) groups is 2. The van der Waals surface area contributed by atoms with Gasteiger partial charge in [-0.1, -0.05) is 20.3 Å². The Balaban J connectivity index is 0.000000690. The lowest BCUT2D eigenvalue weighted by Crippen LogP contribution is -2.38. The summed E-state index contributed by atoms with van der Waals surface area (Å²) in [5.41, 5.74) is -0.404. The molecular formula is C16H31NO4. The zero-order valence-electron chi connectivity index (χ0n) is 14.3. The van der Waals surface area contributed by atoms with Crippen LogP contribution in [0, 0.1) is 11.8 Å². The van der Waals surface area contributed by atoms with E-state index in [-0.39, 0.29) is 6.09 Å². The third kappa shape index (κ3) is 9.32. The van der Waals surface area contributed by atoms with Crippen molar-refractivity contribution in [1.29, 1.82) is 0 Å². The van der Waals surface area contributed by atoms with Gasteiger partial charge in [-0.05, 0) is 52.4 Å². The predicted molar refractivity (Wildman–Crippen MR) is 83.0 cm³/mol. The van der Waals surface area contributed by atoms with Gasteiger partial charge in [0, 0.05) is 6.04 Å². The van der Waals surface area contributed by atoms with Crippen LogP contribution in [0.1, 0.15) is 60.8 Å². The van der Waals surface area contributed by atoms with Crippen LogP contribution in [0.3, 0.4) is 0 Å². The van der Waals surface area contributed by atoms with Gasteiger partial charge in [-0.2, -0.15) is 0 Å². The molecule has 1 rings (SSSR count). The maximum Gasteiger partial charge on any atom is 0.407 e. The Labute approximate surface area is 128 Å². The van der Waals surface area contributed by atoms with Crippen molar-refractivity contribution in [2.24, 2.45) is 11.8 Å². The van der Waals surface area contributed by atoms with Crippen molar-refractivity contribution in [3.05, 3.63) is 0 Å². The minimum atomic E-state index is -0.404. The fraction of sp³-hybridized carbons (Fsp3) is 0.875. The third-order valence-electron chi connectivity index (χ3n) is 3.53. The molecule has 1 saturated carbocycles. The molecule has 5 nitrogen and oxygen atoms in total. The molecule has 0 heterocycles. The van der Waals surface area contributed by atoms with Gasteiger partial charge in [-0.15, -0.1) is 0 Å². The summed E-state index contributed by atoms with van der Waals surface area (Å²) in [6, 6.07) is 0.301. The Morgan fingerprint density at radius 1 is 1.29 bits per heavy atom. The van der Waals surface area contributed by atoms with E-state index >= 15 is 0 Å². The molecule has 0 radical (unpaired) electrons. The van der Waals surface area contributed by atoms with Crippen LogP contribution in [0.2, 0.25) is 0 Å². The van der Waals surface area contributed by atoms with Gasteiger partial charge in [-0.3, -0.25) is 4.79 Å². The molecule has 1 fully saturated rings. The number of rotatable bonds is 4. The van der Waals surface area contributed by atoms with Crippen LogP contribution in [-0.4, -0.2) is 30.8 Å². The van der Waals surface area contributed by atoms with Gasteiger partial charge < -0.3 is 14.8 Å². The maximum atomic E-state index is 11.6. The zero-order valence-corrected chi connectivity index (χ0v) is 14.3. The highest BCUT2D eigenvalue weighted by Crippen LogP contribution is 2.33. The molecule has 0 saturated heterocycles. The van der Waals surface area contributed by atoms with Crippen LogP contribution < -0.4 is 5.32 Å². The minimum absolute atomic E-state index is 0.276. The summed E-state index contributed by atoms with van der Waals surface area (Å²) in [4.78, 5) is 20.8. The van der Waals surface area contributed by atoms with Crippen LogP contribution >= 0.6 is 0 Å². The molecule has 1 aliphatic rings. The minimum Gasteiger partial charge on any atom is -0.468 e. The second-order valence-electron chi connectivity index (χ2n) is 6.51. The highest BCUT2D eigenvalue weighted by Gasteiger charge is 2.31. The average molecular weight is 301 g/mol. The van der Waals surface area contributed by atoms with E-state index in [2.05, 4.69) is 23.9 Å². The topological polar surface area (TPSA) is 64.6 Å². The summed E-state index contributed by atoms with van der Waals surface area (Å²) in [6.45, 7) is 12.8. The molecule has 1 amide bonds. The van der Waals surface area contributed by atoms with E-state index in [9.17, 15) is 9.59 Å². The van der Waals surface area contributed by atoms with Crippen molar-refractivity contribution in [1.82, 2.24) is 5.32 Å². The second-order valence-corrected chi connectivity index (χ2v) is 6.51. The van der Waals surface area contributed by atoms with E-state index in [1.807, 2.05) is 20.8 Å². The Hall–Kier alpha value is -1.26. The number of hydrogen-bond donors (Lipinski definition) is 1. The van der Waals surface area contributed by atoms with E-state index in [4.69, 9.17) is 4.74 Å². The van der Waals surface area contributed by atoms with Gasteiger partial charge >= 0.3 is 6.09 Å². The average Bonchev–Trinajstić information content (AvgIpc) is 2.68. The van der Waals surface area contributed by atoms with Crippen LogP contribution in [0.25, 0.3) is 0 Å². The van der Waals surface area contributed by atoms with Crippen molar-refractivity contribution in [2.75, 3.05) is 6.61 Å². The molecule has 124 valence electrons. The van der Waals surface area contributed by atoms with Crippen LogP contribution in [0.15, 0.2) is 0 Å². The first-order valence-corrected chi connectivity index (χ1v) is 7.78. The quantitative estimate of drug-likeness (QED) is 0.807. The third-order valence-corrected chi connectivity index (χ3v) is 3.53. The van der Waals surface area contributed by atoms with Gasteiger partial charge in [0.1, 0.15) is 5.60 Å². The SMILES string of the molecule is CCC1CC(NC(=O)OC(C)(C)C)CC1C.CCOC=O. The molecule has 3 atom stereocenters. The first-order valence-electron chi connectivity index (χ1n) is 7.78. The van der Waals surface area contributed by atoms with Crippen molar-refractivity contribution >= 4 is 12.6 Å². The Morgan fingerprint density at radius 2 is 1.90 bits per heavy atom. The molecule has 3 unspecified atom stereocenters. The normalized spacial score (nSPS) is 24.6. The Kier molecular flexibility index (Phi) is 9.06. The summed E-state index contributed by atoms with van der Waals surface area (Å²) in [5, 5.41) is 2.97. The largest absolute Gasteiger partial charge is 0.468 e. The van der Waals surface area contributed by atoms with Crippen LogP contribution in [0.5, 0.6) is 0 Å². The van der Waals surface area contributed by atoms with E-state index < -0.39 is 5.60 Å². The number of hydrogen-bond acceptors (Lipinski definition) is 4. The van der Waals surface area contributed by atoms with E-state index in [0.717, 1.165) is 18.8 Å². The van der Waals surface area contributed by atoms with Gasteiger partial charge in [-0.25, -0.2) is 4.79 Å². The smallest absolute Gasteiger partial charge is 0.407 e. The molecule has 5 heteroatoms. The van der Waals surface area contributed by atoms with Crippen molar-refractivity contribution in [3.63, 3.8) is 0 Å². The standard InChI is InChI=1S/C13H25NO2.C3H6O2/c1-6-10-8-11(7-9(10)2)14-12(15)16-13(3,4)5;1-2-5-3-4/h9-11H,6-8H2,1-5H3,(H,14,15);3H,2H2,1H3. The van der Waals surface area contributed by atoms with E-state index in [0.29, 0.717) is 25.0 Å². The van der Waals surface area contributed by atoms with Gasteiger partial charge in [0.05, 0.1) is 6.61 Å². The summed E-state index contributed by atoms with van der Waals surface area (Å²) >= 11 is 0. The number of nitrogens with one attached hydrogen (secondary N) is 1. The fourth-order valence-corrected chi connectivity index (χ4v) is 2.56. The predicted octanol–water partition coefficient (Wildman–Crippen LogP) is 3.52. The first-order chi connectivity index (χ1) is 9.73. The van der Waals surface area contributed by atoms with Crippen molar-refractivity contribution < 1.29 is 19.1 Å². The van der Waals surface area contributed by atoms with Gasteiger partial charge in [0.15, 0.2) is 0 Å². The van der Waals surface area contributed by atoms with Crippen LogP contribution in [0.4, 0.5) is 4.79 Å². The van der Waals surface area contributed by atoms with Gasteiger partial charge in [0.2, 0.25) is 0 Å². The summed E-state index contributed by atoms with van der Waals surface area (Å²) in [5.74, 6) is 1.46. The Bertz CT molecular complexity index is 312. The number of ether oxygens (including phenoxy) is 2. The Morgan fingerprint density at radius 3 is 2.24 bits per heavy atom. The lowest BCUT2D eigenvalue weighted by Gasteiger charge is -2.21. The molecule has 0 aromatic carbocycles.